The number of benzene rings is 1. The summed E-state index contributed by atoms with van der Waals surface area (Å²) in [5.74, 6) is 0. The lowest BCUT2D eigenvalue weighted by molar-refractivity contribution is 0.483. The summed E-state index contributed by atoms with van der Waals surface area (Å²) in [6.07, 6.45) is 1.58. The van der Waals surface area contributed by atoms with Crippen molar-refractivity contribution < 1.29 is 25.9 Å². The van der Waals surface area contributed by atoms with E-state index in [1.54, 1.807) is 0 Å². The highest BCUT2D eigenvalue weighted by Crippen LogP contribution is 2.26. The van der Waals surface area contributed by atoms with Crippen LogP contribution >= 0.6 is 0 Å². The molecule has 0 bridgehead atoms. The molecular weight excluding hydrogens is 280 g/mol. The Morgan fingerprint density at radius 2 is 1.61 bits per heavy atom. The lowest BCUT2D eigenvalue weighted by Gasteiger charge is -2.15. The maximum Gasteiger partial charge on any atom is 0.294 e. The van der Waals surface area contributed by atoms with Gasteiger partial charge in [0.25, 0.3) is 20.2 Å². The second-order valence-electron chi connectivity index (χ2n) is 3.93. The number of fused-ring (bicyclic) bond motifs is 1. The Hall–Kier alpha value is -1.22. The first kappa shape index (κ1) is 13.2. The first-order chi connectivity index (χ1) is 8.18. The van der Waals surface area contributed by atoms with Gasteiger partial charge in [-0.3, -0.25) is 9.11 Å². The lowest BCUT2D eigenvalue weighted by Crippen LogP contribution is -2.12. The normalized spacial score (nSPS) is 16.0. The first-order valence-corrected chi connectivity index (χ1v) is 7.82. The molecule has 18 heavy (non-hydrogen) atoms. The quantitative estimate of drug-likeness (QED) is 0.780. The topological polar surface area (TPSA) is 109 Å². The minimum absolute atomic E-state index is 0.0858. The highest BCUT2D eigenvalue weighted by molar-refractivity contribution is 7.89. The van der Waals surface area contributed by atoms with Gasteiger partial charge >= 0.3 is 0 Å². The van der Waals surface area contributed by atoms with Crippen molar-refractivity contribution in [1.29, 1.82) is 0 Å². The molecule has 0 spiro atoms. The standard InChI is InChI=1S/C10H10O6S2/c11-17(12,13)9-3-1-7-2-4-10(18(14,15)16)6-8(7)5-9/h1,3-5H,2,6H2,(H,11,12,13)(H,14,15,16). The molecule has 0 fully saturated rings. The molecule has 0 aliphatic heterocycles. The molecule has 1 aliphatic carbocycles. The van der Waals surface area contributed by atoms with E-state index in [9.17, 15) is 16.8 Å². The van der Waals surface area contributed by atoms with E-state index in [1.807, 2.05) is 0 Å². The highest BCUT2D eigenvalue weighted by atomic mass is 32.2. The van der Waals surface area contributed by atoms with Crippen LogP contribution in [0.2, 0.25) is 0 Å². The van der Waals surface area contributed by atoms with Crippen LogP contribution in [0.15, 0.2) is 34.1 Å². The van der Waals surface area contributed by atoms with Crippen molar-refractivity contribution in [2.75, 3.05) is 0 Å². The minimum atomic E-state index is -4.32. The molecule has 0 unspecified atom stereocenters. The minimum Gasteiger partial charge on any atom is -0.282 e. The molecule has 0 radical (unpaired) electrons. The van der Waals surface area contributed by atoms with Crippen molar-refractivity contribution in [2.24, 2.45) is 0 Å². The molecule has 2 N–H and O–H groups in total. The van der Waals surface area contributed by atoms with Gasteiger partial charge in [-0.15, -0.1) is 0 Å². The molecule has 2 rings (SSSR count). The lowest BCUT2D eigenvalue weighted by atomic mass is 9.97. The summed E-state index contributed by atoms with van der Waals surface area (Å²) >= 11 is 0. The van der Waals surface area contributed by atoms with E-state index >= 15 is 0 Å². The molecular formula is C10H10O6S2. The second-order valence-corrected chi connectivity index (χ2v) is 6.83. The Morgan fingerprint density at radius 3 is 2.17 bits per heavy atom. The van der Waals surface area contributed by atoms with Gasteiger partial charge in [-0.05, 0) is 29.7 Å². The van der Waals surface area contributed by atoms with Gasteiger partial charge in [-0.1, -0.05) is 12.1 Å². The van der Waals surface area contributed by atoms with E-state index in [1.165, 1.54) is 24.3 Å². The summed E-state index contributed by atoms with van der Waals surface area (Å²) in [5.41, 5.74) is 1.22. The fourth-order valence-corrected chi connectivity index (χ4v) is 2.97. The van der Waals surface area contributed by atoms with Crippen molar-refractivity contribution in [2.45, 2.75) is 17.7 Å². The molecule has 6 nitrogen and oxygen atoms in total. The molecule has 0 atom stereocenters. The predicted molar refractivity (Wildman–Crippen MR) is 63.3 cm³/mol. The van der Waals surface area contributed by atoms with E-state index in [0.29, 0.717) is 5.56 Å². The van der Waals surface area contributed by atoms with Gasteiger partial charge in [0.05, 0.1) is 9.80 Å². The van der Waals surface area contributed by atoms with Crippen LogP contribution in [0.3, 0.4) is 0 Å². The van der Waals surface area contributed by atoms with Crippen LogP contribution in [0.25, 0.3) is 0 Å². The molecule has 1 aliphatic rings. The summed E-state index contributed by atoms with van der Waals surface area (Å²) < 4.78 is 61.8. The zero-order valence-electron chi connectivity index (χ0n) is 9.07. The van der Waals surface area contributed by atoms with E-state index in [-0.39, 0.29) is 22.6 Å². The summed E-state index contributed by atoms with van der Waals surface area (Å²) in [6, 6.07) is 3.97. The average Bonchev–Trinajstić information content (AvgIpc) is 2.25. The van der Waals surface area contributed by atoms with Gasteiger partial charge in [-0.2, -0.15) is 16.8 Å². The Bertz CT molecular complexity index is 728. The molecule has 98 valence electrons. The monoisotopic (exact) mass is 290 g/mol. The highest BCUT2D eigenvalue weighted by Gasteiger charge is 2.21. The Kier molecular flexibility index (Phi) is 3.06. The van der Waals surface area contributed by atoms with Crippen LogP contribution in [0.4, 0.5) is 0 Å². The Balaban J connectivity index is 2.47. The van der Waals surface area contributed by atoms with Gasteiger partial charge in [0.1, 0.15) is 0 Å². The number of hydrogen-bond acceptors (Lipinski definition) is 4. The van der Waals surface area contributed by atoms with Crippen LogP contribution in [0.5, 0.6) is 0 Å². The van der Waals surface area contributed by atoms with Crippen LogP contribution in [-0.2, 0) is 33.1 Å². The van der Waals surface area contributed by atoms with Gasteiger partial charge in [0.2, 0.25) is 0 Å². The van der Waals surface area contributed by atoms with Crippen molar-refractivity contribution in [3.8, 4) is 0 Å². The van der Waals surface area contributed by atoms with Crippen LogP contribution in [0, 0.1) is 0 Å². The smallest absolute Gasteiger partial charge is 0.282 e. The zero-order chi connectivity index (χ0) is 13.6. The molecule has 1 aromatic carbocycles. The summed E-state index contributed by atoms with van der Waals surface area (Å²) in [5, 5.41) is 0. The van der Waals surface area contributed by atoms with Crippen molar-refractivity contribution in [1.82, 2.24) is 0 Å². The SMILES string of the molecule is O=S(=O)(O)C1=CCc2ccc(S(=O)(=O)O)cc2C1. The summed E-state index contributed by atoms with van der Waals surface area (Å²) in [6.45, 7) is 0. The van der Waals surface area contributed by atoms with Crippen LogP contribution < -0.4 is 0 Å². The van der Waals surface area contributed by atoms with E-state index in [2.05, 4.69) is 0 Å². The Labute approximate surface area is 104 Å². The zero-order valence-corrected chi connectivity index (χ0v) is 10.7. The number of hydrogen-bond donors (Lipinski definition) is 2. The fourth-order valence-electron chi connectivity index (χ4n) is 1.81. The number of allylic oxidation sites excluding steroid dienone is 2. The van der Waals surface area contributed by atoms with Gasteiger partial charge in [0.15, 0.2) is 0 Å². The predicted octanol–water partition coefficient (Wildman–Crippen LogP) is 0.804. The molecule has 8 heteroatoms. The Morgan fingerprint density at radius 1 is 0.944 bits per heavy atom. The molecule has 0 heterocycles. The average molecular weight is 290 g/mol. The molecule has 0 saturated heterocycles. The third-order valence-electron chi connectivity index (χ3n) is 2.72. The second kappa shape index (κ2) is 4.16. The van der Waals surface area contributed by atoms with Crippen molar-refractivity contribution >= 4 is 20.2 Å². The maximum absolute atomic E-state index is 11.0. The van der Waals surface area contributed by atoms with Gasteiger partial charge < -0.3 is 0 Å². The van der Waals surface area contributed by atoms with E-state index in [4.69, 9.17) is 9.11 Å². The summed E-state index contributed by atoms with van der Waals surface area (Å²) in [4.78, 5) is -0.458. The number of rotatable bonds is 2. The molecule has 0 saturated carbocycles. The molecule has 0 amide bonds. The van der Waals surface area contributed by atoms with Gasteiger partial charge in [-0.25, -0.2) is 0 Å². The first-order valence-electron chi connectivity index (χ1n) is 4.94. The van der Waals surface area contributed by atoms with Crippen molar-refractivity contribution in [3.63, 3.8) is 0 Å². The third-order valence-corrected chi connectivity index (χ3v) is 4.54. The van der Waals surface area contributed by atoms with Gasteiger partial charge in [0, 0.05) is 6.42 Å². The van der Waals surface area contributed by atoms with E-state index in [0.717, 1.165) is 5.56 Å². The summed E-state index contributed by atoms with van der Waals surface area (Å²) in [7, 11) is -8.59. The molecule has 0 aromatic heterocycles. The maximum atomic E-state index is 11.0. The van der Waals surface area contributed by atoms with Crippen LogP contribution in [-0.4, -0.2) is 25.9 Å². The fraction of sp³-hybridized carbons (Fsp3) is 0.200. The van der Waals surface area contributed by atoms with Crippen molar-refractivity contribution in [3.05, 3.63) is 40.3 Å². The largest absolute Gasteiger partial charge is 0.294 e. The van der Waals surface area contributed by atoms with E-state index < -0.39 is 20.2 Å². The molecule has 1 aromatic rings. The van der Waals surface area contributed by atoms with Crippen LogP contribution in [0.1, 0.15) is 11.1 Å². The third kappa shape index (κ3) is 2.61.